The zero-order valence-corrected chi connectivity index (χ0v) is 9.34. The number of para-hydroxylation sites is 2. The van der Waals surface area contributed by atoms with Gasteiger partial charge in [-0.25, -0.2) is 4.79 Å². The van der Waals surface area contributed by atoms with Crippen LogP contribution in [-0.4, -0.2) is 24.6 Å². The van der Waals surface area contributed by atoms with E-state index in [0.29, 0.717) is 11.5 Å². The predicted molar refractivity (Wildman–Crippen MR) is 57.7 cm³/mol. The van der Waals surface area contributed by atoms with Crippen LogP contribution in [0.25, 0.3) is 0 Å². The lowest BCUT2D eigenvalue weighted by Crippen LogP contribution is -2.27. The Morgan fingerprint density at radius 1 is 1.24 bits per heavy atom. The van der Waals surface area contributed by atoms with E-state index in [0.717, 1.165) is 0 Å². The molecule has 0 fully saturated rings. The number of ketones is 1. The molecule has 0 saturated carbocycles. The van der Waals surface area contributed by atoms with E-state index in [-0.39, 0.29) is 13.0 Å². The molecule has 0 amide bonds. The van der Waals surface area contributed by atoms with Gasteiger partial charge >= 0.3 is 5.97 Å². The molecule has 0 bridgehead atoms. The largest absolute Gasteiger partial charge is 0.460 e. The highest BCUT2D eigenvalue weighted by Crippen LogP contribution is 2.34. The molecule has 0 atom stereocenters. The van der Waals surface area contributed by atoms with Gasteiger partial charge in [0.05, 0.1) is 13.0 Å². The maximum atomic E-state index is 11.4. The van der Waals surface area contributed by atoms with Crippen LogP contribution < -0.4 is 9.47 Å². The van der Waals surface area contributed by atoms with E-state index < -0.39 is 18.0 Å². The third kappa shape index (κ3) is 2.55. The highest BCUT2D eigenvalue weighted by molar-refractivity contribution is 6.33. The molecule has 1 aliphatic rings. The Labute approximate surface area is 98.3 Å². The second-order valence-electron chi connectivity index (χ2n) is 3.46. The predicted octanol–water partition coefficient (Wildman–Crippen LogP) is 1.31. The molecule has 5 nitrogen and oxygen atoms in total. The van der Waals surface area contributed by atoms with Crippen molar-refractivity contribution in [3.8, 4) is 11.5 Å². The molecule has 0 unspecified atom stereocenters. The smallest absolute Gasteiger partial charge is 0.374 e. The summed E-state index contributed by atoms with van der Waals surface area (Å²) in [6.45, 7) is 1.82. The lowest BCUT2D eigenvalue weighted by molar-refractivity contribution is -0.155. The summed E-state index contributed by atoms with van der Waals surface area (Å²) in [4.78, 5) is 22.5. The second-order valence-corrected chi connectivity index (χ2v) is 3.46. The summed E-state index contributed by atoms with van der Waals surface area (Å²) in [5.41, 5.74) is 0. The van der Waals surface area contributed by atoms with Crippen LogP contribution in [0.15, 0.2) is 24.3 Å². The van der Waals surface area contributed by atoms with Crippen LogP contribution >= 0.6 is 0 Å². The number of benzene rings is 1. The monoisotopic (exact) mass is 236 g/mol. The molecule has 1 aromatic rings. The Balaban J connectivity index is 1.92. The first kappa shape index (κ1) is 11.4. The fourth-order valence-electron chi connectivity index (χ4n) is 1.48. The Bertz CT molecular complexity index is 415. The Hall–Kier alpha value is -2.04. The van der Waals surface area contributed by atoms with Gasteiger partial charge in [-0.1, -0.05) is 12.1 Å². The van der Waals surface area contributed by atoms with E-state index in [1.807, 2.05) is 0 Å². The first-order valence-corrected chi connectivity index (χ1v) is 5.33. The minimum atomic E-state index is -0.851. The Morgan fingerprint density at radius 2 is 1.82 bits per heavy atom. The van der Waals surface area contributed by atoms with Crippen molar-refractivity contribution in [3.05, 3.63) is 24.3 Å². The molecule has 5 heteroatoms. The summed E-state index contributed by atoms with van der Waals surface area (Å²) in [6, 6.07) is 7.09. The number of fused-ring (bicyclic) bond motifs is 1. The molecular formula is C12H12O5. The third-order valence-corrected chi connectivity index (χ3v) is 2.22. The lowest BCUT2D eigenvalue weighted by atomic mass is 10.3. The maximum absolute atomic E-state index is 11.4. The van der Waals surface area contributed by atoms with Crippen LogP contribution in [0.1, 0.15) is 13.3 Å². The van der Waals surface area contributed by atoms with Gasteiger partial charge in [0, 0.05) is 0 Å². The van der Waals surface area contributed by atoms with Gasteiger partial charge in [-0.05, 0) is 19.1 Å². The van der Waals surface area contributed by atoms with E-state index >= 15 is 0 Å². The highest BCUT2D eigenvalue weighted by Gasteiger charge is 2.29. The molecule has 1 aliphatic heterocycles. The molecule has 1 heterocycles. The second kappa shape index (κ2) is 4.86. The van der Waals surface area contributed by atoms with Gasteiger partial charge in [0.1, 0.15) is 0 Å². The van der Waals surface area contributed by atoms with Gasteiger partial charge in [0.25, 0.3) is 0 Å². The van der Waals surface area contributed by atoms with Crippen molar-refractivity contribution in [2.75, 3.05) is 6.61 Å². The fourth-order valence-corrected chi connectivity index (χ4v) is 1.48. The summed E-state index contributed by atoms with van der Waals surface area (Å²) in [7, 11) is 0. The van der Waals surface area contributed by atoms with Crippen molar-refractivity contribution < 1.29 is 23.8 Å². The third-order valence-electron chi connectivity index (χ3n) is 2.22. The van der Waals surface area contributed by atoms with Crippen LogP contribution in [-0.2, 0) is 14.3 Å². The summed E-state index contributed by atoms with van der Waals surface area (Å²) in [5, 5.41) is 0. The van der Waals surface area contributed by atoms with Crippen molar-refractivity contribution >= 4 is 11.8 Å². The summed E-state index contributed by atoms with van der Waals surface area (Å²) >= 11 is 0. The van der Waals surface area contributed by atoms with Crippen LogP contribution in [0, 0.1) is 0 Å². The summed E-state index contributed by atoms with van der Waals surface area (Å²) < 4.78 is 15.3. The normalized spacial score (nSPS) is 13.5. The van der Waals surface area contributed by atoms with Gasteiger partial charge < -0.3 is 14.2 Å². The maximum Gasteiger partial charge on any atom is 0.374 e. The molecule has 90 valence electrons. The number of carbonyl (C=O) groups excluding carboxylic acids is 2. The van der Waals surface area contributed by atoms with E-state index in [9.17, 15) is 9.59 Å². The quantitative estimate of drug-likeness (QED) is 0.582. The topological polar surface area (TPSA) is 61.8 Å². The SMILES string of the molecule is CCOC(=O)C(=O)CC1Oc2ccccc2O1. The Kier molecular flexibility index (Phi) is 3.27. The minimum absolute atomic E-state index is 0.145. The van der Waals surface area contributed by atoms with Gasteiger partial charge in [-0.2, -0.15) is 0 Å². The van der Waals surface area contributed by atoms with Crippen molar-refractivity contribution in [1.29, 1.82) is 0 Å². The van der Waals surface area contributed by atoms with Crippen LogP contribution in [0.3, 0.4) is 0 Å². The van der Waals surface area contributed by atoms with Gasteiger partial charge in [0.15, 0.2) is 11.5 Å². The average molecular weight is 236 g/mol. The molecule has 1 aromatic carbocycles. The molecule has 0 spiro atoms. The number of esters is 1. The summed E-state index contributed by atoms with van der Waals surface area (Å²) in [5.74, 6) is -0.344. The van der Waals surface area contributed by atoms with Crippen LogP contribution in [0.2, 0.25) is 0 Å². The number of Topliss-reactive ketones (excluding diaryl/α,β-unsaturated/α-hetero) is 1. The first-order valence-electron chi connectivity index (χ1n) is 5.33. The van der Waals surface area contributed by atoms with Crippen molar-refractivity contribution in [2.45, 2.75) is 19.6 Å². The van der Waals surface area contributed by atoms with Gasteiger partial charge in [-0.3, -0.25) is 4.79 Å². The zero-order chi connectivity index (χ0) is 12.3. The molecule has 0 aromatic heterocycles. The lowest BCUT2D eigenvalue weighted by Gasteiger charge is -2.08. The molecule has 0 N–H and O–H groups in total. The number of hydrogen-bond donors (Lipinski definition) is 0. The van der Waals surface area contributed by atoms with Gasteiger partial charge in [-0.15, -0.1) is 0 Å². The number of carbonyl (C=O) groups is 2. The molecule has 17 heavy (non-hydrogen) atoms. The molecule has 2 rings (SSSR count). The molecule has 0 radical (unpaired) electrons. The average Bonchev–Trinajstić information content (AvgIpc) is 2.71. The number of ether oxygens (including phenoxy) is 3. The van der Waals surface area contributed by atoms with Crippen molar-refractivity contribution in [2.24, 2.45) is 0 Å². The van der Waals surface area contributed by atoms with Crippen molar-refractivity contribution in [3.63, 3.8) is 0 Å². The number of rotatable bonds is 4. The molecule has 0 aliphatic carbocycles. The van der Waals surface area contributed by atoms with E-state index in [1.165, 1.54) is 0 Å². The first-order chi connectivity index (χ1) is 8.20. The number of hydrogen-bond acceptors (Lipinski definition) is 5. The zero-order valence-electron chi connectivity index (χ0n) is 9.34. The Morgan fingerprint density at radius 3 is 2.35 bits per heavy atom. The standard InChI is InChI=1S/C12H12O5/c1-2-15-12(14)8(13)7-11-16-9-5-3-4-6-10(9)17-11/h3-6,11H,2,7H2,1H3. The molecular weight excluding hydrogens is 224 g/mol. The summed E-state index contributed by atoms with van der Waals surface area (Å²) in [6.07, 6.45) is -0.891. The van der Waals surface area contributed by atoms with E-state index in [1.54, 1.807) is 31.2 Å². The van der Waals surface area contributed by atoms with E-state index in [2.05, 4.69) is 4.74 Å². The van der Waals surface area contributed by atoms with Crippen LogP contribution in [0.5, 0.6) is 11.5 Å². The molecule has 0 saturated heterocycles. The van der Waals surface area contributed by atoms with E-state index in [4.69, 9.17) is 9.47 Å². The van der Waals surface area contributed by atoms with Crippen LogP contribution in [0.4, 0.5) is 0 Å². The fraction of sp³-hybridized carbons (Fsp3) is 0.333. The highest BCUT2D eigenvalue weighted by atomic mass is 16.7. The van der Waals surface area contributed by atoms with Crippen molar-refractivity contribution in [1.82, 2.24) is 0 Å². The minimum Gasteiger partial charge on any atom is -0.460 e. The van der Waals surface area contributed by atoms with Gasteiger partial charge in [0.2, 0.25) is 12.1 Å².